The topological polar surface area (TPSA) is 130 Å². The lowest BCUT2D eigenvalue weighted by molar-refractivity contribution is -0.148. The quantitative estimate of drug-likeness (QED) is 0.173. The average molecular weight is 634 g/mol. The number of fused-ring (bicyclic) bond motifs is 4. The summed E-state index contributed by atoms with van der Waals surface area (Å²) in [6, 6.07) is 10.7. The number of benzene rings is 2. The fourth-order valence-electron chi connectivity index (χ4n) is 6.61. The van der Waals surface area contributed by atoms with Gasteiger partial charge >= 0.3 is 11.9 Å². The maximum atomic E-state index is 13.0. The Morgan fingerprint density at radius 1 is 0.750 bits per heavy atom. The Balaban J connectivity index is 1.23. The van der Waals surface area contributed by atoms with Crippen LogP contribution >= 0.6 is 23.2 Å². The van der Waals surface area contributed by atoms with Crippen LogP contribution in [0.5, 0.6) is 0 Å². The molecule has 2 aromatic carbocycles. The summed E-state index contributed by atoms with van der Waals surface area (Å²) in [7, 11) is 0. The first-order chi connectivity index (χ1) is 20.7. The number of pyridine rings is 2. The van der Waals surface area contributed by atoms with E-state index in [0.29, 0.717) is 69.3 Å². The van der Waals surface area contributed by atoms with Gasteiger partial charge in [-0.25, -0.2) is 9.59 Å². The molecule has 0 amide bonds. The third kappa shape index (κ3) is 5.81. The van der Waals surface area contributed by atoms with Crippen LogP contribution < -0.4 is 11.5 Å². The van der Waals surface area contributed by atoms with Gasteiger partial charge in [0.05, 0.1) is 22.4 Å². The molecule has 0 aliphatic heterocycles. The van der Waals surface area contributed by atoms with Crippen LogP contribution in [0.15, 0.2) is 48.6 Å². The smallest absolute Gasteiger partial charge is 0.331 e. The monoisotopic (exact) mass is 632 g/mol. The number of anilines is 2. The standard InChI is InChI=1S/C34H34Cl2N4O4/c1-33(2)13-23-29(31(37)19-7-5-17(35)11-21(19)39-23)25(15-33)43-27(41)9-10-28(42)44-26-16-34(3,4)14-24-30(26)32(38)20-8-6-18(36)12-22(20)40-24/h5-12,25-26H,13-16H2,1-4H3,(H2,37,39)(H2,38,40)/b10-9-. The molecule has 0 bridgehead atoms. The molecular weight excluding hydrogens is 599 g/mol. The van der Waals surface area contributed by atoms with Crippen molar-refractivity contribution < 1.29 is 19.1 Å². The Bertz CT molecular complexity index is 1750. The average Bonchev–Trinajstić information content (AvgIpc) is 2.90. The fourth-order valence-corrected chi connectivity index (χ4v) is 6.94. The van der Waals surface area contributed by atoms with E-state index in [1.165, 1.54) is 0 Å². The first-order valence-corrected chi connectivity index (χ1v) is 15.3. The van der Waals surface area contributed by atoms with E-state index in [-0.39, 0.29) is 10.8 Å². The zero-order chi connectivity index (χ0) is 31.6. The Labute approximate surface area is 265 Å². The second kappa shape index (κ2) is 10.9. The van der Waals surface area contributed by atoms with Crippen molar-refractivity contribution in [3.05, 3.63) is 81.1 Å². The number of aromatic nitrogens is 2. The van der Waals surface area contributed by atoms with Gasteiger partial charge in [0, 0.05) is 55.5 Å². The number of nitrogens with zero attached hydrogens (tertiary/aromatic N) is 2. The van der Waals surface area contributed by atoms with Crippen molar-refractivity contribution in [2.75, 3.05) is 11.5 Å². The number of halogens is 2. The molecule has 228 valence electrons. The number of esters is 2. The lowest BCUT2D eigenvalue weighted by Crippen LogP contribution is -2.30. The zero-order valence-electron chi connectivity index (χ0n) is 25.0. The number of hydrogen-bond donors (Lipinski definition) is 2. The molecule has 0 spiro atoms. The first kappa shape index (κ1) is 30.2. The van der Waals surface area contributed by atoms with Crippen LogP contribution in [-0.2, 0) is 31.9 Å². The van der Waals surface area contributed by atoms with Gasteiger partial charge in [-0.1, -0.05) is 50.9 Å². The number of rotatable bonds is 4. The van der Waals surface area contributed by atoms with Gasteiger partial charge in [0.2, 0.25) is 0 Å². The number of carbonyl (C=O) groups is 2. The van der Waals surface area contributed by atoms with Gasteiger partial charge in [-0.05, 0) is 72.9 Å². The van der Waals surface area contributed by atoms with Crippen LogP contribution in [0.25, 0.3) is 21.8 Å². The highest BCUT2D eigenvalue weighted by Gasteiger charge is 2.39. The zero-order valence-corrected chi connectivity index (χ0v) is 26.6. The van der Waals surface area contributed by atoms with Gasteiger partial charge in [-0.2, -0.15) is 0 Å². The van der Waals surface area contributed by atoms with Crippen LogP contribution in [0, 0.1) is 10.8 Å². The molecule has 4 N–H and O–H groups in total. The first-order valence-electron chi connectivity index (χ1n) is 14.5. The van der Waals surface area contributed by atoms with Crippen molar-refractivity contribution in [1.29, 1.82) is 0 Å². The molecule has 6 rings (SSSR count). The lowest BCUT2D eigenvalue weighted by Gasteiger charge is -2.37. The second-order valence-corrected chi connectivity index (χ2v) is 14.2. The molecule has 0 saturated carbocycles. The molecule has 2 heterocycles. The SMILES string of the molecule is CC1(C)Cc2nc3cc(Cl)ccc3c(N)c2C(OC(=O)/C=C\C(=O)OC2CC(C)(C)Cc3nc4cc(Cl)ccc4c(N)c32)C1. The van der Waals surface area contributed by atoms with E-state index in [2.05, 4.69) is 27.7 Å². The van der Waals surface area contributed by atoms with Gasteiger partial charge in [-0.15, -0.1) is 0 Å². The van der Waals surface area contributed by atoms with Crippen molar-refractivity contribution in [1.82, 2.24) is 9.97 Å². The molecule has 8 nitrogen and oxygen atoms in total. The van der Waals surface area contributed by atoms with Crippen LogP contribution in [0.1, 0.15) is 75.3 Å². The summed E-state index contributed by atoms with van der Waals surface area (Å²) in [6.45, 7) is 8.36. The predicted molar refractivity (Wildman–Crippen MR) is 173 cm³/mol. The van der Waals surface area contributed by atoms with Crippen molar-refractivity contribution in [2.24, 2.45) is 10.8 Å². The van der Waals surface area contributed by atoms with E-state index < -0.39 is 24.1 Å². The highest BCUT2D eigenvalue weighted by atomic mass is 35.5. The molecular formula is C34H34Cl2N4O4. The summed E-state index contributed by atoms with van der Waals surface area (Å²) in [5.74, 6) is -1.36. The second-order valence-electron chi connectivity index (χ2n) is 13.4. The third-order valence-corrected chi connectivity index (χ3v) is 8.97. The van der Waals surface area contributed by atoms with Crippen molar-refractivity contribution in [3.8, 4) is 0 Å². The Morgan fingerprint density at radius 2 is 1.14 bits per heavy atom. The van der Waals surface area contributed by atoms with Gasteiger partial charge in [0.1, 0.15) is 12.2 Å². The Hall–Kier alpha value is -3.88. The van der Waals surface area contributed by atoms with Crippen LogP contribution in [-0.4, -0.2) is 21.9 Å². The van der Waals surface area contributed by atoms with E-state index in [1.807, 2.05) is 12.1 Å². The van der Waals surface area contributed by atoms with E-state index in [9.17, 15) is 9.59 Å². The molecule has 2 aliphatic carbocycles. The minimum absolute atomic E-state index is 0.197. The van der Waals surface area contributed by atoms with Gasteiger partial charge < -0.3 is 20.9 Å². The number of nitrogens with two attached hydrogens (primary N) is 2. The molecule has 4 aromatic rings. The van der Waals surface area contributed by atoms with E-state index in [1.54, 1.807) is 24.3 Å². The van der Waals surface area contributed by atoms with E-state index >= 15 is 0 Å². The van der Waals surface area contributed by atoms with Gasteiger partial charge in [-0.3, -0.25) is 9.97 Å². The number of hydrogen-bond acceptors (Lipinski definition) is 8. The molecule has 2 aromatic heterocycles. The molecule has 2 aliphatic rings. The summed E-state index contributed by atoms with van der Waals surface area (Å²) in [5.41, 5.74) is 18.1. The summed E-state index contributed by atoms with van der Waals surface area (Å²) in [5, 5.41) is 2.62. The molecule has 0 saturated heterocycles. The largest absolute Gasteiger partial charge is 0.454 e. The molecule has 10 heteroatoms. The molecule has 2 atom stereocenters. The minimum atomic E-state index is -0.681. The summed E-state index contributed by atoms with van der Waals surface area (Å²) >= 11 is 12.4. The van der Waals surface area contributed by atoms with Crippen molar-refractivity contribution >= 4 is 68.3 Å². The lowest BCUT2D eigenvalue weighted by atomic mass is 9.74. The van der Waals surface area contributed by atoms with Crippen molar-refractivity contribution in [2.45, 2.75) is 65.6 Å². The molecule has 2 unspecified atom stereocenters. The summed E-state index contributed by atoms with van der Waals surface area (Å²) < 4.78 is 11.8. The van der Waals surface area contributed by atoms with E-state index in [0.717, 1.165) is 34.3 Å². The Kier molecular flexibility index (Phi) is 7.49. The predicted octanol–water partition coefficient (Wildman–Crippen LogP) is 7.62. The number of carbonyl (C=O) groups excluding carboxylic acids is 2. The normalized spacial score (nSPS) is 20.3. The van der Waals surface area contributed by atoms with E-state index in [4.69, 9.17) is 54.1 Å². The maximum absolute atomic E-state index is 13.0. The van der Waals surface area contributed by atoms with Gasteiger partial charge in [0.15, 0.2) is 0 Å². The van der Waals surface area contributed by atoms with Crippen molar-refractivity contribution in [3.63, 3.8) is 0 Å². The summed E-state index contributed by atoms with van der Waals surface area (Å²) in [6.07, 6.45) is 3.36. The minimum Gasteiger partial charge on any atom is -0.454 e. The number of ether oxygens (including phenoxy) is 2. The van der Waals surface area contributed by atoms with Crippen LogP contribution in [0.3, 0.4) is 0 Å². The molecule has 44 heavy (non-hydrogen) atoms. The maximum Gasteiger partial charge on any atom is 0.331 e. The number of nitrogen functional groups attached to an aromatic ring is 2. The Morgan fingerprint density at radius 3 is 1.52 bits per heavy atom. The molecule has 0 fully saturated rings. The highest BCUT2D eigenvalue weighted by Crippen LogP contribution is 2.47. The van der Waals surface area contributed by atoms with Crippen LogP contribution in [0.2, 0.25) is 10.0 Å². The summed E-state index contributed by atoms with van der Waals surface area (Å²) in [4.78, 5) is 35.7. The highest BCUT2D eigenvalue weighted by molar-refractivity contribution is 6.31. The molecule has 0 radical (unpaired) electrons. The third-order valence-electron chi connectivity index (χ3n) is 8.50. The fraction of sp³-hybridized carbons (Fsp3) is 0.353. The van der Waals surface area contributed by atoms with Gasteiger partial charge in [0.25, 0.3) is 0 Å². The van der Waals surface area contributed by atoms with Crippen LogP contribution in [0.4, 0.5) is 11.4 Å².